The van der Waals surface area contributed by atoms with Crippen LogP contribution in [0.25, 0.3) is 0 Å². The Balaban J connectivity index is 2.43. The molecule has 1 aromatic heterocycles. The Labute approximate surface area is 97.3 Å². The zero-order chi connectivity index (χ0) is 12.0. The molecule has 5 nitrogen and oxygen atoms in total. The largest absolute Gasteiger partial charge is 0.358 e. The van der Waals surface area contributed by atoms with Crippen molar-refractivity contribution in [2.75, 3.05) is 39.1 Å². The van der Waals surface area contributed by atoms with Crippen molar-refractivity contribution in [3.8, 4) is 0 Å². The second-order valence-corrected chi connectivity index (χ2v) is 4.17. The van der Waals surface area contributed by atoms with Crippen LogP contribution in [0.5, 0.6) is 0 Å². The lowest BCUT2D eigenvalue weighted by Gasteiger charge is -2.18. The van der Waals surface area contributed by atoms with Crippen LogP contribution in [0.4, 0.5) is 5.82 Å². The molecular weight excluding hydrogens is 202 g/mol. The van der Waals surface area contributed by atoms with E-state index >= 15 is 0 Å². The first-order valence-electron chi connectivity index (χ1n) is 5.52. The lowest BCUT2D eigenvalue weighted by molar-refractivity contribution is 0.401. The van der Waals surface area contributed by atoms with Crippen molar-refractivity contribution in [3.63, 3.8) is 0 Å². The zero-order valence-corrected chi connectivity index (χ0v) is 10.3. The van der Waals surface area contributed by atoms with Gasteiger partial charge in [0, 0.05) is 20.1 Å². The minimum Gasteiger partial charge on any atom is -0.358 e. The number of aromatic nitrogens is 2. The number of nitrogens with zero attached hydrogens (tertiary/aromatic N) is 4. The monoisotopic (exact) mass is 223 g/mol. The van der Waals surface area contributed by atoms with Gasteiger partial charge in [0.15, 0.2) is 5.82 Å². The van der Waals surface area contributed by atoms with Gasteiger partial charge in [-0.15, -0.1) is 5.10 Å². The maximum Gasteiger partial charge on any atom is 0.150 e. The van der Waals surface area contributed by atoms with Gasteiger partial charge >= 0.3 is 0 Å². The fourth-order valence-corrected chi connectivity index (χ4v) is 1.40. The number of hydrogen-bond acceptors (Lipinski definition) is 5. The molecule has 0 aliphatic heterocycles. The van der Waals surface area contributed by atoms with Crippen molar-refractivity contribution in [2.24, 2.45) is 5.73 Å². The maximum atomic E-state index is 5.47. The molecule has 1 aromatic rings. The standard InChI is InChI=1S/C11H21N5/c1-15(2)7-4-8-16(3)11-6-5-10(9-12)13-14-11/h5-6H,4,7-9,12H2,1-3H3. The van der Waals surface area contributed by atoms with Crippen LogP contribution in [0.1, 0.15) is 12.1 Å². The number of nitrogens with two attached hydrogens (primary N) is 1. The number of hydrogen-bond donors (Lipinski definition) is 1. The summed E-state index contributed by atoms with van der Waals surface area (Å²) in [6.45, 7) is 2.51. The van der Waals surface area contributed by atoms with E-state index in [1.54, 1.807) is 0 Å². The summed E-state index contributed by atoms with van der Waals surface area (Å²) in [5, 5.41) is 8.16. The summed E-state index contributed by atoms with van der Waals surface area (Å²) >= 11 is 0. The molecule has 0 spiro atoms. The van der Waals surface area contributed by atoms with Gasteiger partial charge in [0.2, 0.25) is 0 Å². The normalized spacial score (nSPS) is 10.8. The highest BCUT2D eigenvalue weighted by Gasteiger charge is 2.03. The molecule has 0 radical (unpaired) electrons. The summed E-state index contributed by atoms with van der Waals surface area (Å²) < 4.78 is 0. The molecular formula is C11H21N5. The van der Waals surface area contributed by atoms with Crippen LogP contribution in [-0.2, 0) is 6.54 Å². The summed E-state index contributed by atoms with van der Waals surface area (Å²) in [4.78, 5) is 4.29. The first-order valence-corrected chi connectivity index (χ1v) is 5.52. The summed E-state index contributed by atoms with van der Waals surface area (Å²) in [6, 6.07) is 3.88. The minimum atomic E-state index is 0.442. The van der Waals surface area contributed by atoms with Gasteiger partial charge in [-0.1, -0.05) is 0 Å². The summed E-state index contributed by atoms with van der Waals surface area (Å²) in [6.07, 6.45) is 1.11. The van der Waals surface area contributed by atoms with Gasteiger partial charge < -0.3 is 15.5 Å². The van der Waals surface area contributed by atoms with Crippen molar-refractivity contribution in [2.45, 2.75) is 13.0 Å². The SMILES string of the molecule is CN(C)CCCN(C)c1ccc(CN)nn1. The van der Waals surface area contributed by atoms with Gasteiger partial charge in [-0.05, 0) is 39.2 Å². The third-order valence-electron chi connectivity index (χ3n) is 2.40. The van der Waals surface area contributed by atoms with Gasteiger partial charge in [-0.25, -0.2) is 0 Å². The van der Waals surface area contributed by atoms with Crippen LogP contribution in [0.15, 0.2) is 12.1 Å². The lowest BCUT2D eigenvalue weighted by atomic mass is 10.3. The van der Waals surface area contributed by atoms with E-state index in [0.29, 0.717) is 6.54 Å². The average molecular weight is 223 g/mol. The third-order valence-corrected chi connectivity index (χ3v) is 2.40. The molecule has 2 N–H and O–H groups in total. The van der Waals surface area contributed by atoms with E-state index in [1.807, 2.05) is 19.2 Å². The molecule has 1 heterocycles. The fraction of sp³-hybridized carbons (Fsp3) is 0.636. The lowest BCUT2D eigenvalue weighted by Crippen LogP contribution is -2.24. The van der Waals surface area contributed by atoms with E-state index in [9.17, 15) is 0 Å². The van der Waals surface area contributed by atoms with Gasteiger partial charge in [-0.3, -0.25) is 0 Å². The molecule has 0 aromatic carbocycles. The van der Waals surface area contributed by atoms with Crippen LogP contribution < -0.4 is 10.6 Å². The molecule has 0 aliphatic carbocycles. The number of rotatable bonds is 6. The number of anilines is 1. The second-order valence-electron chi connectivity index (χ2n) is 4.17. The van der Waals surface area contributed by atoms with E-state index in [-0.39, 0.29) is 0 Å². The molecule has 90 valence electrons. The topological polar surface area (TPSA) is 58.3 Å². The Morgan fingerprint density at radius 1 is 1.12 bits per heavy atom. The van der Waals surface area contributed by atoms with Crippen molar-refractivity contribution < 1.29 is 0 Å². The molecule has 0 aliphatic rings. The Hall–Kier alpha value is -1.20. The van der Waals surface area contributed by atoms with Crippen LogP contribution >= 0.6 is 0 Å². The molecule has 0 atom stereocenters. The quantitative estimate of drug-likeness (QED) is 0.753. The smallest absolute Gasteiger partial charge is 0.150 e. The summed E-state index contributed by atoms with van der Waals surface area (Å²) in [5.41, 5.74) is 6.29. The van der Waals surface area contributed by atoms with E-state index in [4.69, 9.17) is 5.73 Å². The maximum absolute atomic E-state index is 5.47. The second kappa shape index (κ2) is 6.40. The van der Waals surface area contributed by atoms with E-state index in [2.05, 4.69) is 34.1 Å². The van der Waals surface area contributed by atoms with E-state index in [1.165, 1.54) is 0 Å². The highest BCUT2D eigenvalue weighted by Crippen LogP contribution is 2.07. The molecule has 16 heavy (non-hydrogen) atoms. The highest BCUT2D eigenvalue weighted by atomic mass is 15.2. The van der Waals surface area contributed by atoms with Crippen LogP contribution in [0.3, 0.4) is 0 Å². The van der Waals surface area contributed by atoms with Crippen LogP contribution in [0.2, 0.25) is 0 Å². The van der Waals surface area contributed by atoms with Crippen LogP contribution in [-0.4, -0.2) is 49.3 Å². The Morgan fingerprint density at radius 2 is 1.88 bits per heavy atom. The van der Waals surface area contributed by atoms with Gasteiger partial charge in [0.1, 0.15) is 0 Å². The molecule has 5 heteroatoms. The van der Waals surface area contributed by atoms with Gasteiger partial charge in [-0.2, -0.15) is 5.10 Å². The van der Waals surface area contributed by atoms with E-state index < -0.39 is 0 Å². The van der Waals surface area contributed by atoms with Crippen molar-refractivity contribution in [3.05, 3.63) is 17.8 Å². The van der Waals surface area contributed by atoms with Gasteiger partial charge in [0.25, 0.3) is 0 Å². The molecule has 0 amide bonds. The predicted octanol–water partition coefficient (Wildman–Crippen LogP) is 0.323. The Kier molecular flexibility index (Phi) is 5.14. The average Bonchev–Trinajstić information content (AvgIpc) is 2.28. The first kappa shape index (κ1) is 12.9. The van der Waals surface area contributed by atoms with Crippen LogP contribution in [0, 0.1) is 0 Å². The molecule has 0 fully saturated rings. The van der Waals surface area contributed by atoms with Crippen molar-refractivity contribution >= 4 is 5.82 Å². The Morgan fingerprint density at radius 3 is 2.38 bits per heavy atom. The Bertz CT molecular complexity index is 296. The summed E-state index contributed by atoms with van der Waals surface area (Å²) in [5.74, 6) is 0.899. The van der Waals surface area contributed by atoms with Crippen molar-refractivity contribution in [1.82, 2.24) is 15.1 Å². The van der Waals surface area contributed by atoms with Gasteiger partial charge in [0.05, 0.1) is 5.69 Å². The molecule has 0 unspecified atom stereocenters. The van der Waals surface area contributed by atoms with Crippen molar-refractivity contribution in [1.29, 1.82) is 0 Å². The third kappa shape index (κ3) is 4.12. The molecule has 1 rings (SSSR count). The molecule has 0 saturated carbocycles. The summed E-state index contributed by atoms with van der Waals surface area (Å²) in [7, 11) is 6.19. The minimum absolute atomic E-state index is 0.442. The zero-order valence-electron chi connectivity index (χ0n) is 10.3. The fourth-order valence-electron chi connectivity index (χ4n) is 1.40. The molecule has 0 saturated heterocycles. The molecule has 0 bridgehead atoms. The first-order chi connectivity index (χ1) is 7.63. The van der Waals surface area contributed by atoms with E-state index in [0.717, 1.165) is 31.0 Å². The highest BCUT2D eigenvalue weighted by molar-refractivity contribution is 5.35. The predicted molar refractivity (Wildman–Crippen MR) is 66.4 cm³/mol.